The molecule has 0 heterocycles. The molecule has 0 spiro atoms. The smallest absolute Gasteiger partial charge is 0.207 e. The molecule has 0 saturated carbocycles. The third kappa shape index (κ3) is 2.59. The van der Waals surface area contributed by atoms with Crippen LogP contribution in [-0.2, 0) is 6.42 Å². The Bertz CT molecular complexity index is 326. The minimum absolute atomic E-state index is 0.0802. The molecular formula is C11H15FO3. The molecule has 0 aromatic heterocycles. The van der Waals surface area contributed by atoms with Crippen LogP contribution in [0.5, 0.6) is 11.5 Å². The lowest BCUT2D eigenvalue weighted by Crippen LogP contribution is -1.99. The van der Waals surface area contributed by atoms with Crippen LogP contribution in [0.4, 0.5) is 4.39 Å². The number of rotatable bonds is 5. The largest absolute Gasteiger partial charge is 0.494 e. The molecule has 3 nitrogen and oxygen atoms in total. The van der Waals surface area contributed by atoms with Gasteiger partial charge in [-0.25, -0.2) is 0 Å². The van der Waals surface area contributed by atoms with Crippen molar-refractivity contribution >= 4 is 0 Å². The Balaban J connectivity index is 3.01. The highest BCUT2D eigenvalue weighted by atomic mass is 19.1. The van der Waals surface area contributed by atoms with Gasteiger partial charge in [-0.3, -0.25) is 0 Å². The molecule has 0 aliphatic rings. The number of ether oxygens (including phenoxy) is 2. The minimum atomic E-state index is -0.490. The van der Waals surface area contributed by atoms with Gasteiger partial charge in [-0.1, -0.05) is 6.07 Å². The summed E-state index contributed by atoms with van der Waals surface area (Å²) < 4.78 is 23.5. The third-order valence-corrected chi connectivity index (χ3v) is 2.17. The maximum atomic E-state index is 13.6. The topological polar surface area (TPSA) is 38.7 Å². The van der Waals surface area contributed by atoms with Crippen molar-refractivity contribution in [2.75, 3.05) is 20.8 Å². The SMILES string of the molecule is COc1ccc(CCCO)c(OC)c1F. The fraction of sp³-hybridized carbons (Fsp3) is 0.455. The van der Waals surface area contributed by atoms with Crippen molar-refractivity contribution in [3.63, 3.8) is 0 Å². The van der Waals surface area contributed by atoms with E-state index in [1.807, 2.05) is 0 Å². The number of aliphatic hydroxyl groups is 1. The van der Waals surface area contributed by atoms with Gasteiger partial charge in [-0.05, 0) is 24.5 Å². The molecule has 0 aliphatic carbocycles. The van der Waals surface area contributed by atoms with Gasteiger partial charge in [0.25, 0.3) is 0 Å². The summed E-state index contributed by atoms with van der Waals surface area (Å²) in [5, 5.41) is 8.70. The van der Waals surface area contributed by atoms with Crippen LogP contribution in [0, 0.1) is 5.82 Å². The van der Waals surface area contributed by atoms with Crippen LogP contribution in [-0.4, -0.2) is 25.9 Å². The van der Waals surface area contributed by atoms with E-state index in [0.29, 0.717) is 12.8 Å². The number of halogens is 1. The van der Waals surface area contributed by atoms with Crippen molar-refractivity contribution < 1.29 is 19.0 Å². The maximum Gasteiger partial charge on any atom is 0.207 e. The predicted octanol–water partition coefficient (Wildman–Crippen LogP) is 1.77. The first kappa shape index (κ1) is 11.8. The summed E-state index contributed by atoms with van der Waals surface area (Å²) in [4.78, 5) is 0. The highest BCUT2D eigenvalue weighted by molar-refractivity contribution is 5.42. The van der Waals surface area contributed by atoms with Crippen LogP contribution in [0.15, 0.2) is 12.1 Å². The van der Waals surface area contributed by atoms with Gasteiger partial charge in [0.1, 0.15) is 0 Å². The Kier molecular flexibility index (Phi) is 4.37. The molecule has 1 aromatic rings. The van der Waals surface area contributed by atoms with Gasteiger partial charge >= 0.3 is 0 Å². The lowest BCUT2D eigenvalue weighted by atomic mass is 10.1. The summed E-state index contributed by atoms with van der Waals surface area (Å²) in [7, 11) is 2.82. The average molecular weight is 214 g/mol. The minimum Gasteiger partial charge on any atom is -0.494 e. The highest BCUT2D eigenvalue weighted by Gasteiger charge is 2.13. The zero-order valence-corrected chi connectivity index (χ0v) is 8.92. The average Bonchev–Trinajstić information content (AvgIpc) is 2.26. The van der Waals surface area contributed by atoms with Gasteiger partial charge in [0.15, 0.2) is 11.5 Å². The summed E-state index contributed by atoms with van der Waals surface area (Å²) in [6.45, 7) is 0.0802. The van der Waals surface area contributed by atoms with Gasteiger partial charge in [0, 0.05) is 6.61 Å². The summed E-state index contributed by atoms with van der Waals surface area (Å²) >= 11 is 0. The molecule has 84 valence electrons. The Labute approximate surface area is 88.4 Å². The fourth-order valence-corrected chi connectivity index (χ4v) is 1.42. The summed E-state index contributed by atoms with van der Waals surface area (Å²) in [6, 6.07) is 3.31. The van der Waals surface area contributed by atoms with Crippen LogP contribution in [0.1, 0.15) is 12.0 Å². The number of hydrogen-bond donors (Lipinski definition) is 1. The molecule has 0 fully saturated rings. The molecular weight excluding hydrogens is 199 g/mol. The van der Waals surface area contributed by atoms with E-state index in [0.717, 1.165) is 5.56 Å². The van der Waals surface area contributed by atoms with Gasteiger partial charge in [-0.15, -0.1) is 0 Å². The summed E-state index contributed by atoms with van der Waals surface area (Å²) in [5.74, 6) is -0.127. The standard InChI is InChI=1S/C11H15FO3/c1-14-9-6-5-8(4-3-7-13)11(15-2)10(9)12/h5-6,13H,3-4,7H2,1-2H3. The Morgan fingerprint density at radius 2 is 2.00 bits per heavy atom. The number of aryl methyl sites for hydroxylation is 1. The van der Waals surface area contributed by atoms with Crippen molar-refractivity contribution in [3.05, 3.63) is 23.5 Å². The summed E-state index contributed by atoms with van der Waals surface area (Å²) in [5.41, 5.74) is 0.741. The number of aliphatic hydroxyl groups excluding tert-OH is 1. The van der Waals surface area contributed by atoms with E-state index in [4.69, 9.17) is 14.6 Å². The molecule has 0 bridgehead atoms. The molecule has 1 N–H and O–H groups in total. The fourth-order valence-electron chi connectivity index (χ4n) is 1.42. The second kappa shape index (κ2) is 5.56. The van der Waals surface area contributed by atoms with Crippen LogP contribution in [0.25, 0.3) is 0 Å². The quantitative estimate of drug-likeness (QED) is 0.811. The summed E-state index contributed by atoms with van der Waals surface area (Å²) in [6.07, 6.45) is 1.17. The first-order valence-corrected chi connectivity index (χ1v) is 4.74. The zero-order valence-electron chi connectivity index (χ0n) is 8.92. The molecule has 1 aromatic carbocycles. The second-order valence-electron chi connectivity index (χ2n) is 3.10. The van der Waals surface area contributed by atoms with Gasteiger partial charge in [0.2, 0.25) is 5.82 Å². The normalized spacial score (nSPS) is 10.1. The second-order valence-corrected chi connectivity index (χ2v) is 3.10. The lowest BCUT2D eigenvalue weighted by Gasteiger charge is -2.11. The number of hydrogen-bond acceptors (Lipinski definition) is 3. The van der Waals surface area contributed by atoms with Gasteiger partial charge in [0.05, 0.1) is 14.2 Å². The molecule has 0 unspecified atom stereocenters. The molecule has 4 heteroatoms. The lowest BCUT2D eigenvalue weighted by molar-refractivity contribution is 0.287. The van der Waals surface area contributed by atoms with E-state index in [2.05, 4.69) is 0 Å². The molecule has 0 radical (unpaired) electrons. The van der Waals surface area contributed by atoms with E-state index < -0.39 is 5.82 Å². The number of benzene rings is 1. The third-order valence-electron chi connectivity index (χ3n) is 2.17. The molecule has 0 amide bonds. The van der Waals surface area contributed by atoms with Crippen molar-refractivity contribution in [1.82, 2.24) is 0 Å². The Morgan fingerprint density at radius 1 is 1.27 bits per heavy atom. The van der Waals surface area contributed by atoms with Crippen molar-refractivity contribution in [1.29, 1.82) is 0 Å². The first-order valence-electron chi connectivity index (χ1n) is 4.74. The van der Waals surface area contributed by atoms with Crippen molar-refractivity contribution in [3.8, 4) is 11.5 Å². The monoisotopic (exact) mass is 214 g/mol. The molecule has 15 heavy (non-hydrogen) atoms. The van der Waals surface area contributed by atoms with Crippen LogP contribution in [0.2, 0.25) is 0 Å². The van der Waals surface area contributed by atoms with Crippen molar-refractivity contribution in [2.24, 2.45) is 0 Å². The van der Waals surface area contributed by atoms with E-state index >= 15 is 0 Å². The van der Waals surface area contributed by atoms with E-state index in [9.17, 15) is 4.39 Å². The highest BCUT2D eigenvalue weighted by Crippen LogP contribution is 2.30. The van der Waals surface area contributed by atoms with Gasteiger partial charge < -0.3 is 14.6 Å². The van der Waals surface area contributed by atoms with Gasteiger partial charge in [-0.2, -0.15) is 4.39 Å². The predicted molar refractivity (Wildman–Crippen MR) is 54.9 cm³/mol. The maximum absolute atomic E-state index is 13.6. The van der Waals surface area contributed by atoms with E-state index in [1.165, 1.54) is 14.2 Å². The molecule has 0 saturated heterocycles. The molecule has 0 atom stereocenters. The Hall–Kier alpha value is -1.29. The first-order chi connectivity index (χ1) is 7.24. The Morgan fingerprint density at radius 3 is 2.53 bits per heavy atom. The van der Waals surface area contributed by atoms with Crippen LogP contribution in [0.3, 0.4) is 0 Å². The van der Waals surface area contributed by atoms with E-state index in [1.54, 1.807) is 12.1 Å². The van der Waals surface area contributed by atoms with E-state index in [-0.39, 0.29) is 18.1 Å². The van der Waals surface area contributed by atoms with Crippen LogP contribution >= 0.6 is 0 Å². The number of methoxy groups -OCH3 is 2. The van der Waals surface area contributed by atoms with Crippen LogP contribution < -0.4 is 9.47 Å². The zero-order chi connectivity index (χ0) is 11.3. The molecule has 1 rings (SSSR count). The molecule has 0 aliphatic heterocycles. The van der Waals surface area contributed by atoms with Crippen molar-refractivity contribution in [2.45, 2.75) is 12.8 Å².